The molecule has 0 saturated heterocycles. The molecule has 5 heteroatoms. The molecule has 0 fully saturated rings. The summed E-state index contributed by atoms with van der Waals surface area (Å²) in [6, 6.07) is 7.55. The number of carbonyl (C=O) groups excluding carboxylic acids is 1. The van der Waals surface area contributed by atoms with Gasteiger partial charge in [0.2, 0.25) is 0 Å². The molecule has 0 aliphatic heterocycles. The maximum atomic E-state index is 12.0. The molecule has 0 atom stereocenters. The van der Waals surface area contributed by atoms with Crippen LogP contribution in [-0.4, -0.2) is 17.4 Å². The first-order chi connectivity index (χ1) is 8.77. The molecule has 18 heavy (non-hydrogen) atoms. The Morgan fingerprint density at radius 3 is 2.72 bits per heavy atom. The van der Waals surface area contributed by atoms with E-state index in [9.17, 15) is 4.79 Å². The van der Waals surface area contributed by atoms with Gasteiger partial charge in [-0.2, -0.15) is 0 Å². The Bertz CT molecular complexity index is 568. The minimum Gasteiger partial charge on any atom is -0.352 e. The molecule has 0 radical (unpaired) electrons. The summed E-state index contributed by atoms with van der Waals surface area (Å²) in [4.78, 5) is 16.2. The monoisotopic (exact) mass is 244 g/mol. The molecule has 4 N–H and O–H groups in total. The number of nitrogens with two attached hydrogens (primary N) is 1. The molecule has 5 nitrogen and oxygen atoms in total. The topological polar surface area (TPSA) is 80.0 Å². The van der Waals surface area contributed by atoms with Gasteiger partial charge < -0.3 is 10.7 Å². The van der Waals surface area contributed by atoms with Gasteiger partial charge >= 0.3 is 0 Å². The van der Waals surface area contributed by atoms with E-state index in [1.165, 1.54) is 0 Å². The largest absolute Gasteiger partial charge is 0.352 e. The van der Waals surface area contributed by atoms with Crippen molar-refractivity contribution < 1.29 is 4.79 Å². The summed E-state index contributed by atoms with van der Waals surface area (Å²) in [5.74, 6) is 5.87. The van der Waals surface area contributed by atoms with Crippen LogP contribution in [0.5, 0.6) is 0 Å². The lowest BCUT2D eigenvalue weighted by Crippen LogP contribution is -2.24. The van der Waals surface area contributed by atoms with Crippen LogP contribution in [0, 0.1) is 0 Å². The highest BCUT2D eigenvalue weighted by atomic mass is 16.1. The number of carbonyl (C=O) groups is 1. The Kier molecular flexibility index (Phi) is 3.74. The molecule has 1 amide bonds. The van der Waals surface area contributed by atoms with E-state index in [1.54, 1.807) is 6.20 Å². The van der Waals surface area contributed by atoms with Crippen LogP contribution in [0.1, 0.15) is 23.7 Å². The Labute approximate surface area is 105 Å². The minimum atomic E-state index is -0.107. The first-order valence-corrected chi connectivity index (χ1v) is 5.90. The summed E-state index contributed by atoms with van der Waals surface area (Å²) in [6.45, 7) is 2.67. The van der Waals surface area contributed by atoms with Gasteiger partial charge in [0.05, 0.1) is 5.56 Å². The van der Waals surface area contributed by atoms with E-state index in [2.05, 4.69) is 15.7 Å². The zero-order valence-electron chi connectivity index (χ0n) is 10.2. The third kappa shape index (κ3) is 2.26. The van der Waals surface area contributed by atoms with E-state index in [0.717, 1.165) is 17.2 Å². The Morgan fingerprint density at radius 2 is 2.06 bits per heavy atom. The summed E-state index contributed by atoms with van der Waals surface area (Å²) >= 11 is 0. The van der Waals surface area contributed by atoms with Crippen LogP contribution >= 0.6 is 0 Å². The molecular weight excluding hydrogens is 228 g/mol. The van der Waals surface area contributed by atoms with Crippen molar-refractivity contribution in [3.63, 3.8) is 0 Å². The Morgan fingerprint density at radius 1 is 1.33 bits per heavy atom. The number of nitrogen functional groups attached to an aromatic ring is 1. The van der Waals surface area contributed by atoms with E-state index in [4.69, 9.17) is 5.84 Å². The number of hydrogen-bond donors (Lipinski definition) is 3. The van der Waals surface area contributed by atoms with Crippen molar-refractivity contribution >= 4 is 22.5 Å². The number of anilines is 1. The van der Waals surface area contributed by atoms with Crippen LogP contribution in [0.25, 0.3) is 10.8 Å². The van der Waals surface area contributed by atoms with Crippen LogP contribution in [0.2, 0.25) is 0 Å². The molecule has 94 valence electrons. The summed E-state index contributed by atoms with van der Waals surface area (Å²) in [5.41, 5.74) is 3.10. The number of fused-ring (bicyclic) bond motifs is 1. The van der Waals surface area contributed by atoms with Crippen molar-refractivity contribution in [1.82, 2.24) is 10.3 Å². The lowest BCUT2D eigenvalue weighted by Gasteiger charge is -2.09. The minimum absolute atomic E-state index is 0.107. The highest BCUT2D eigenvalue weighted by Gasteiger charge is 2.12. The molecular formula is C13H16N4O. The zero-order valence-corrected chi connectivity index (χ0v) is 10.2. The number of benzene rings is 1. The fraction of sp³-hybridized carbons (Fsp3) is 0.231. The number of nitrogens with one attached hydrogen (secondary N) is 2. The van der Waals surface area contributed by atoms with Crippen LogP contribution in [0.3, 0.4) is 0 Å². The second-order valence-corrected chi connectivity index (χ2v) is 3.97. The number of pyridine rings is 1. The molecule has 0 saturated carbocycles. The third-order valence-electron chi connectivity index (χ3n) is 2.71. The van der Waals surface area contributed by atoms with Gasteiger partial charge in [-0.3, -0.25) is 4.79 Å². The first-order valence-electron chi connectivity index (χ1n) is 5.90. The number of hydrazine groups is 1. The summed E-state index contributed by atoms with van der Waals surface area (Å²) in [5, 5.41) is 4.53. The fourth-order valence-electron chi connectivity index (χ4n) is 1.82. The van der Waals surface area contributed by atoms with E-state index >= 15 is 0 Å². The van der Waals surface area contributed by atoms with Gasteiger partial charge in [0.25, 0.3) is 5.91 Å². The number of aromatic nitrogens is 1. The lowest BCUT2D eigenvalue weighted by atomic mass is 10.1. The van der Waals surface area contributed by atoms with Crippen molar-refractivity contribution in [2.24, 2.45) is 5.84 Å². The van der Waals surface area contributed by atoms with Crippen molar-refractivity contribution in [2.45, 2.75) is 13.3 Å². The van der Waals surface area contributed by atoms with Crippen LogP contribution in [0.4, 0.5) is 5.82 Å². The average molecular weight is 244 g/mol. The summed E-state index contributed by atoms with van der Waals surface area (Å²) in [6.07, 6.45) is 2.45. The maximum absolute atomic E-state index is 12.0. The average Bonchev–Trinajstić information content (AvgIpc) is 2.43. The third-order valence-corrected chi connectivity index (χ3v) is 2.71. The summed E-state index contributed by atoms with van der Waals surface area (Å²) in [7, 11) is 0. The SMILES string of the molecule is CCCNC(=O)c1cnc(NN)c2ccccc12. The van der Waals surface area contributed by atoms with Gasteiger partial charge in [0, 0.05) is 18.1 Å². The normalized spacial score (nSPS) is 10.3. The van der Waals surface area contributed by atoms with E-state index in [-0.39, 0.29) is 5.91 Å². The Balaban J connectivity index is 2.49. The molecule has 0 spiro atoms. The molecule has 1 aromatic heterocycles. The number of nitrogens with zero attached hydrogens (tertiary/aromatic N) is 1. The second kappa shape index (κ2) is 5.46. The molecule has 2 rings (SSSR count). The lowest BCUT2D eigenvalue weighted by molar-refractivity contribution is 0.0955. The van der Waals surface area contributed by atoms with Crippen molar-refractivity contribution in [3.05, 3.63) is 36.0 Å². The number of rotatable bonds is 4. The van der Waals surface area contributed by atoms with E-state index < -0.39 is 0 Å². The van der Waals surface area contributed by atoms with Crippen molar-refractivity contribution in [2.75, 3.05) is 12.0 Å². The van der Waals surface area contributed by atoms with Crippen molar-refractivity contribution in [1.29, 1.82) is 0 Å². The number of amides is 1. The van der Waals surface area contributed by atoms with Crippen LogP contribution < -0.4 is 16.6 Å². The molecule has 1 heterocycles. The molecule has 1 aromatic carbocycles. The first kappa shape index (κ1) is 12.3. The fourth-order valence-corrected chi connectivity index (χ4v) is 1.82. The van der Waals surface area contributed by atoms with Gasteiger partial charge in [-0.15, -0.1) is 0 Å². The van der Waals surface area contributed by atoms with Crippen LogP contribution in [0.15, 0.2) is 30.5 Å². The van der Waals surface area contributed by atoms with E-state index in [1.807, 2.05) is 31.2 Å². The predicted molar refractivity (Wildman–Crippen MR) is 72.2 cm³/mol. The number of hydrogen-bond acceptors (Lipinski definition) is 4. The summed E-state index contributed by atoms with van der Waals surface area (Å²) < 4.78 is 0. The standard InChI is InChI=1S/C13H16N4O/c1-2-7-15-13(18)11-8-16-12(17-14)10-6-4-3-5-9(10)11/h3-6,8H,2,7,14H2,1H3,(H,15,18)(H,16,17). The van der Waals surface area contributed by atoms with E-state index in [0.29, 0.717) is 17.9 Å². The zero-order chi connectivity index (χ0) is 13.0. The van der Waals surface area contributed by atoms with Gasteiger partial charge in [0.1, 0.15) is 5.82 Å². The quantitative estimate of drug-likeness (QED) is 0.564. The molecule has 0 aliphatic rings. The molecule has 0 aliphatic carbocycles. The van der Waals surface area contributed by atoms with Gasteiger partial charge in [0.15, 0.2) is 0 Å². The van der Waals surface area contributed by atoms with Gasteiger partial charge in [-0.25, -0.2) is 10.8 Å². The molecule has 0 bridgehead atoms. The van der Waals surface area contributed by atoms with Gasteiger partial charge in [-0.05, 0) is 11.8 Å². The highest BCUT2D eigenvalue weighted by Crippen LogP contribution is 2.23. The Hall–Kier alpha value is -2.14. The molecule has 0 unspecified atom stereocenters. The molecule has 2 aromatic rings. The maximum Gasteiger partial charge on any atom is 0.253 e. The van der Waals surface area contributed by atoms with Crippen molar-refractivity contribution in [3.8, 4) is 0 Å². The predicted octanol–water partition coefficient (Wildman–Crippen LogP) is 1.66. The highest BCUT2D eigenvalue weighted by molar-refractivity contribution is 6.09. The smallest absolute Gasteiger partial charge is 0.253 e. The van der Waals surface area contributed by atoms with Crippen LogP contribution in [-0.2, 0) is 0 Å². The van der Waals surface area contributed by atoms with Gasteiger partial charge in [-0.1, -0.05) is 31.2 Å². The second-order valence-electron chi connectivity index (χ2n) is 3.97.